The number of aliphatic hydroxyl groups is 2. The molecule has 248 valence electrons. The van der Waals surface area contributed by atoms with Gasteiger partial charge < -0.3 is 30.3 Å². The van der Waals surface area contributed by atoms with Gasteiger partial charge >= 0.3 is 0 Å². The molecule has 0 aromatic heterocycles. The Labute approximate surface area is 272 Å². The number of rotatable bonds is 15. The topological polar surface area (TPSA) is 120 Å². The highest BCUT2D eigenvalue weighted by Crippen LogP contribution is 2.42. The minimum Gasteiger partial charge on any atom is -0.392 e. The monoisotopic (exact) mass is 631 g/mol. The van der Waals surface area contributed by atoms with Crippen molar-refractivity contribution in [1.82, 2.24) is 10.2 Å². The highest BCUT2D eigenvalue weighted by molar-refractivity contribution is 5.90. The van der Waals surface area contributed by atoms with Crippen LogP contribution >= 0.6 is 0 Å². The Morgan fingerprint density at radius 3 is 2.37 bits per heavy atom. The predicted molar refractivity (Wildman–Crippen MR) is 179 cm³/mol. The Morgan fingerprint density at radius 2 is 1.67 bits per heavy atom. The van der Waals surface area contributed by atoms with Crippen LogP contribution in [-0.4, -0.2) is 59.2 Å². The van der Waals surface area contributed by atoms with E-state index in [1.54, 1.807) is 0 Å². The van der Waals surface area contributed by atoms with Crippen LogP contribution < -0.4 is 10.6 Å². The fraction of sp³-hybridized carbons (Fsp3) is 0.459. The standard InChI is InChI=1S/C37H49N3O6/c1-25-33(23-40(4)26(2)35(44)29-12-7-5-8-13-29)45-37(46-36(25)30-19-17-28(24-41)18-20-30)31-14-11-15-32(22-31)39-34(43)16-9-6-10-21-38-27(3)42/h5,7-8,11-15,17-20,22,25-26,33,35-37,41,44H,6,9-10,16,21,23-24H2,1-4H3,(H,38,42)(H,39,43)/t25-,26-,33+,35-,36+,37+/m1/s1. The van der Waals surface area contributed by atoms with Gasteiger partial charge in [-0.25, -0.2) is 0 Å². The highest BCUT2D eigenvalue weighted by atomic mass is 16.7. The van der Waals surface area contributed by atoms with Gasteiger partial charge in [0.2, 0.25) is 11.8 Å². The van der Waals surface area contributed by atoms with Crippen molar-refractivity contribution in [2.24, 2.45) is 5.92 Å². The zero-order chi connectivity index (χ0) is 33.1. The van der Waals surface area contributed by atoms with Crippen molar-refractivity contribution >= 4 is 17.5 Å². The summed E-state index contributed by atoms with van der Waals surface area (Å²) >= 11 is 0. The summed E-state index contributed by atoms with van der Waals surface area (Å²) in [5.74, 6) is -0.130. The molecule has 3 aromatic rings. The van der Waals surface area contributed by atoms with Crippen LogP contribution in [0, 0.1) is 5.92 Å². The van der Waals surface area contributed by atoms with Crippen molar-refractivity contribution in [2.45, 2.75) is 83.7 Å². The molecule has 0 aliphatic carbocycles. The highest BCUT2D eigenvalue weighted by Gasteiger charge is 2.39. The second-order valence-corrected chi connectivity index (χ2v) is 12.3. The molecule has 1 saturated heterocycles. The van der Waals surface area contributed by atoms with Crippen LogP contribution in [0.3, 0.4) is 0 Å². The first-order valence-corrected chi connectivity index (χ1v) is 16.2. The first kappa shape index (κ1) is 35.3. The molecule has 0 radical (unpaired) electrons. The maximum atomic E-state index is 12.7. The molecule has 3 aromatic carbocycles. The largest absolute Gasteiger partial charge is 0.392 e. The molecule has 0 unspecified atom stereocenters. The summed E-state index contributed by atoms with van der Waals surface area (Å²) in [6, 6.07) is 24.9. The molecule has 4 rings (SSSR count). The second kappa shape index (κ2) is 17.4. The summed E-state index contributed by atoms with van der Waals surface area (Å²) in [6.45, 7) is 6.78. The van der Waals surface area contributed by atoms with Crippen LogP contribution in [0.1, 0.15) is 87.2 Å². The average molecular weight is 632 g/mol. The van der Waals surface area contributed by atoms with E-state index < -0.39 is 12.4 Å². The number of aliphatic hydroxyl groups excluding tert-OH is 2. The molecule has 1 aliphatic rings. The summed E-state index contributed by atoms with van der Waals surface area (Å²) in [4.78, 5) is 25.8. The van der Waals surface area contributed by atoms with Gasteiger partial charge in [0.1, 0.15) is 0 Å². The van der Waals surface area contributed by atoms with Gasteiger partial charge in [-0.05, 0) is 55.6 Å². The number of unbranched alkanes of at least 4 members (excludes halogenated alkanes) is 2. The van der Waals surface area contributed by atoms with E-state index in [2.05, 4.69) is 22.5 Å². The minimum atomic E-state index is -0.683. The summed E-state index contributed by atoms with van der Waals surface area (Å²) < 4.78 is 13.3. The number of hydrogen-bond donors (Lipinski definition) is 4. The fourth-order valence-corrected chi connectivity index (χ4v) is 5.79. The molecule has 6 atom stereocenters. The van der Waals surface area contributed by atoms with E-state index in [0.29, 0.717) is 25.2 Å². The van der Waals surface area contributed by atoms with Crippen LogP contribution in [0.2, 0.25) is 0 Å². The zero-order valence-electron chi connectivity index (χ0n) is 27.4. The van der Waals surface area contributed by atoms with Crippen LogP contribution in [0.4, 0.5) is 5.69 Å². The molecule has 0 spiro atoms. The van der Waals surface area contributed by atoms with E-state index >= 15 is 0 Å². The first-order chi connectivity index (χ1) is 22.2. The Hall–Kier alpha value is -3.60. The van der Waals surface area contributed by atoms with Crippen molar-refractivity contribution in [3.8, 4) is 0 Å². The summed E-state index contributed by atoms with van der Waals surface area (Å²) in [5.41, 5.74) is 4.15. The van der Waals surface area contributed by atoms with E-state index in [0.717, 1.165) is 41.5 Å². The molecule has 1 aliphatic heterocycles. The van der Waals surface area contributed by atoms with E-state index in [1.807, 2.05) is 92.8 Å². The number of nitrogens with zero attached hydrogens (tertiary/aromatic N) is 1. The lowest BCUT2D eigenvalue weighted by Crippen LogP contribution is -2.46. The normalized spacial score (nSPS) is 21.0. The second-order valence-electron chi connectivity index (χ2n) is 12.3. The van der Waals surface area contributed by atoms with Crippen molar-refractivity contribution < 1.29 is 29.3 Å². The quantitative estimate of drug-likeness (QED) is 0.160. The van der Waals surface area contributed by atoms with Gasteiger partial charge in [0.25, 0.3) is 0 Å². The minimum absolute atomic E-state index is 0.0201. The first-order valence-electron chi connectivity index (χ1n) is 16.2. The van der Waals surface area contributed by atoms with Crippen LogP contribution in [0.5, 0.6) is 0 Å². The maximum absolute atomic E-state index is 12.7. The third-order valence-electron chi connectivity index (χ3n) is 8.78. The smallest absolute Gasteiger partial charge is 0.224 e. The molecule has 1 fully saturated rings. The summed E-state index contributed by atoms with van der Waals surface area (Å²) in [7, 11) is 2.00. The van der Waals surface area contributed by atoms with E-state index in [1.165, 1.54) is 6.92 Å². The van der Waals surface area contributed by atoms with Gasteiger partial charge in [-0.2, -0.15) is 0 Å². The summed E-state index contributed by atoms with van der Waals surface area (Å²) in [6.07, 6.45) is 0.970. The average Bonchev–Trinajstić information content (AvgIpc) is 3.07. The summed E-state index contributed by atoms with van der Waals surface area (Å²) in [5, 5.41) is 26.4. The lowest BCUT2D eigenvalue weighted by atomic mass is 9.89. The number of hydrogen-bond acceptors (Lipinski definition) is 7. The zero-order valence-corrected chi connectivity index (χ0v) is 27.4. The molecule has 0 bridgehead atoms. The molecule has 1 heterocycles. The van der Waals surface area contributed by atoms with Gasteiger partial charge in [0.05, 0.1) is 24.9 Å². The van der Waals surface area contributed by atoms with Gasteiger partial charge in [-0.15, -0.1) is 0 Å². The molecule has 4 N–H and O–H groups in total. The van der Waals surface area contributed by atoms with Gasteiger partial charge in [0, 0.05) is 49.6 Å². The van der Waals surface area contributed by atoms with Crippen molar-refractivity contribution in [2.75, 3.05) is 25.5 Å². The number of benzene rings is 3. The van der Waals surface area contributed by atoms with Crippen molar-refractivity contribution in [3.05, 3.63) is 101 Å². The molecular formula is C37H49N3O6. The SMILES string of the molecule is CC(=O)NCCCCCC(=O)Nc1cccc([C@H]2O[C@@H](CN(C)[C@H](C)[C@@H](O)c3ccccc3)[C@@H](C)[C@@H](c3ccc(CO)cc3)O2)c1. The Balaban J connectivity index is 1.47. The predicted octanol–water partition coefficient (Wildman–Crippen LogP) is 5.66. The lowest BCUT2D eigenvalue weighted by Gasteiger charge is -2.43. The van der Waals surface area contributed by atoms with Crippen molar-refractivity contribution in [3.63, 3.8) is 0 Å². The fourth-order valence-electron chi connectivity index (χ4n) is 5.79. The number of anilines is 1. The molecule has 9 nitrogen and oxygen atoms in total. The Morgan fingerprint density at radius 1 is 0.935 bits per heavy atom. The number of carbonyl (C=O) groups is 2. The number of carbonyl (C=O) groups excluding carboxylic acids is 2. The third kappa shape index (κ3) is 9.95. The Bertz CT molecular complexity index is 1390. The molecular weight excluding hydrogens is 582 g/mol. The molecule has 9 heteroatoms. The van der Waals surface area contributed by atoms with E-state index in [-0.39, 0.29) is 42.6 Å². The lowest BCUT2D eigenvalue weighted by molar-refractivity contribution is -0.276. The van der Waals surface area contributed by atoms with E-state index in [4.69, 9.17) is 9.47 Å². The van der Waals surface area contributed by atoms with Gasteiger partial charge in [-0.1, -0.05) is 80.1 Å². The number of nitrogens with one attached hydrogen (secondary N) is 2. The third-order valence-corrected chi connectivity index (χ3v) is 8.78. The van der Waals surface area contributed by atoms with E-state index in [9.17, 15) is 19.8 Å². The Kier molecular flexibility index (Phi) is 13.3. The van der Waals surface area contributed by atoms with Gasteiger partial charge in [-0.3, -0.25) is 14.5 Å². The number of likely N-dealkylation sites (N-methyl/N-ethyl adjacent to an activating group) is 1. The van der Waals surface area contributed by atoms with Crippen LogP contribution in [0.15, 0.2) is 78.9 Å². The number of amides is 2. The van der Waals surface area contributed by atoms with Crippen molar-refractivity contribution in [1.29, 1.82) is 0 Å². The van der Waals surface area contributed by atoms with Gasteiger partial charge in [0.15, 0.2) is 6.29 Å². The molecule has 46 heavy (non-hydrogen) atoms. The number of ether oxygens (including phenoxy) is 2. The van der Waals surface area contributed by atoms with Crippen LogP contribution in [0.25, 0.3) is 0 Å². The maximum Gasteiger partial charge on any atom is 0.224 e. The molecule has 0 saturated carbocycles. The van der Waals surface area contributed by atoms with Crippen LogP contribution in [-0.2, 0) is 25.7 Å². The molecule has 2 amide bonds.